The van der Waals surface area contributed by atoms with Crippen LogP contribution in [-0.2, 0) is 11.2 Å². The number of hydrogen-bond acceptors (Lipinski definition) is 2. The van der Waals surface area contributed by atoms with Crippen LogP contribution in [0.1, 0.15) is 5.56 Å². The van der Waals surface area contributed by atoms with Crippen molar-refractivity contribution in [2.75, 3.05) is 0 Å². The predicted molar refractivity (Wildman–Crippen MR) is 83.0 cm³/mol. The van der Waals surface area contributed by atoms with Crippen molar-refractivity contribution >= 4 is 16.9 Å². The first-order chi connectivity index (χ1) is 10.1. The quantitative estimate of drug-likeness (QED) is 0.687. The fraction of sp³-hybridized carbons (Fsp3) is 0.118. The second kappa shape index (κ2) is 5.42. The van der Waals surface area contributed by atoms with Crippen molar-refractivity contribution in [3.8, 4) is 11.1 Å². The zero-order valence-corrected chi connectivity index (χ0v) is 11.4. The van der Waals surface area contributed by atoms with Crippen LogP contribution in [0.2, 0.25) is 0 Å². The lowest BCUT2D eigenvalue weighted by Crippen LogP contribution is -2.32. The molecule has 0 spiro atoms. The van der Waals surface area contributed by atoms with Crippen LogP contribution in [0.4, 0.5) is 0 Å². The van der Waals surface area contributed by atoms with E-state index in [0.29, 0.717) is 6.42 Å². The highest BCUT2D eigenvalue weighted by Gasteiger charge is 2.11. The van der Waals surface area contributed by atoms with Gasteiger partial charge in [-0.25, -0.2) is 0 Å². The Morgan fingerprint density at radius 3 is 2.52 bits per heavy atom. The summed E-state index contributed by atoms with van der Waals surface area (Å²) in [5, 5.41) is 10.00. The minimum absolute atomic E-state index is 0.340. The number of fused-ring (bicyclic) bond motifs is 1. The third-order valence-electron chi connectivity index (χ3n) is 3.61. The molecule has 0 radical (unpaired) electrons. The maximum absolute atomic E-state index is 10.8. The highest BCUT2D eigenvalue weighted by molar-refractivity contribution is 5.85. The lowest BCUT2D eigenvalue weighted by Gasteiger charge is -2.08. The number of H-pyrrole nitrogens is 1. The minimum Gasteiger partial charge on any atom is -0.480 e. The van der Waals surface area contributed by atoms with Gasteiger partial charge >= 0.3 is 5.97 Å². The molecule has 2 aromatic carbocycles. The van der Waals surface area contributed by atoms with Gasteiger partial charge in [0.05, 0.1) is 0 Å². The number of carboxylic acids is 1. The molecule has 21 heavy (non-hydrogen) atoms. The summed E-state index contributed by atoms with van der Waals surface area (Å²) >= 11 is 0. The van der Waals surface area contributed by atoms with E-state index in [9.17, 15) is 4.79 Å². The average molecular weight is 280 g/mol. The van der Waals surface area contributed by atoms with E-state index in [4.69, 9.17) is 10.8 Å². The van der Waals surface area contributed by atoms with Gasteiger partial charge in [0.2, 0.25) is 0 Å². The molecule has 4 N–H and O–H groups in total. The fourth-order valence-corrected chi connectivity index (χ4v) is 2.41. The number of nitrogens with two attached hydrogens (primary N) is 1. The van der Waals surface area contributed by atoms with E-state index < -0.39 is 12.0 Å². The normalized spacial score (nSPS) is 12.4. The zero-order chi connectivity index (χ0) is 14.8. The van der Waals surface area contributed by atoms with Gasteiger partial charge in [0.15, 0.2) is 0 Å². The second-order valence-electron chi connectivity index (χ2n) is 5.13. The predicted octanol–water partition coefficient (Wildman–Crippen LogP) is 2.79. The first-order valence-electron chi connectivity index (χ1n) is 6.78. The number of aromatic nitrogens is 1. The molecule has 0 fully saturated rings. The lowest BCUT2D eigenvalue weighted by molar-refractivity contribution is -0.138. The molecule has 0 aliphatic heterocycles. The van der Waals surface area contributed by atoms with Crippen LogP contribution in [0.25, 0.3) is 22.0 Å². The monoisotopic (exact) mass is 280 g/mol. The molecule has 0 aliphatic carbocycles. The average Bonchev–Trinajstić information content (AvgIpc) is 2.95. The van der Waals surface area contributed by atoms with Crippen molar-refractivity contribution in [1.82, 2.24) is 4.98 Å². The van der Waals surface area contributed by atoms with E-state index in [-0.39, 0.29) is 0 Å². The first kappa shape index (κ1) is 13.4. The van der Waals surface area contributed by atoms with Crippen LogP contribution in [-0.4, -0.2) is 22.1 Å². The molecular formula is C17H16N2O2. The fourth-order valence-electron chi connectivity index (χ4n) is 2.41. The highest BCUT2D eigenvalue weighted by atomic mass is 16.4. The minimum atomic E-state index is -0.975. The third-order valence-corrected chi connectivity index (χ3v) is 3.61. The summed E-state index contributed by atoms with van der Waals surface area (Å²) in [5.74, 6) is -0.975. The second-order valence-corrected chi connectivity index (χ2v) is 5.13. The lowest BCUT2D eigenvalue weighted by atomic mass is 10.00. The number of rotatable bonds is 4. The van der Waals surface area contributed by atoms with Crippen LogP contribution in [0, 0.1) is 0 Å². The van der Waals surface area contributed by atoms with Crippen molar-refractivity contribution in [3.05, 3.63) is 60.3 Å². The van der Waals surface area contributed by atoms with Crippen LogP contribution in [0.15, 0.2) is 54.7 Å². The van der Waals surface area contributed by atoms with Crippen molar-refractivity contribution in [2.24, 2.45) is 5.73 Å². The molecule has 106 valence electrons. The van der Waals surface area contributed by atoms with Gasteiger partial charge in [-0.05, 0) is 46.7 Å². The van der Waals surface area contributed by atoms with Gasteiger partial charge in [-0.3, -0.25) is 4.79 Å². The summed E-state index contributed by atoms with van der Waals surface area (Å²) in [6.45, 7) is 0. The van der Waals surface area contributed by atoms with E-state index in [2.05, 4.69) is 23.2 Å². The summed E-state index contributed by atoms with van der Waals surface area (Å²) < 4.78 is 0. The molecule has 1 aromatic heterocycles. The van der Waals surface area contributed by atoms with Gasteiger partial charge in [-0.2, -0.15) is 0 Å². The number of benzene rings is 2. The molecule has 3 aromatic rings. The van der Waals surface area contributed by atoms with Crippen molar-refractivity contribution < 1.29 is 9.90 Å². The molecule has 0 saturated carbocycles. The Labute approximate surface area is 122 Å². The van der Waals surface area contributed by atoms with Gasteiger partial charge in [0.25, 0.3) is 0 Å². The van der Waals surface area contributed by atoms with E-state index >= 15 is 0 Å². The molecular weight excluding hydrogens is 264 g/mol. The summed E-state index contributed by atoms with van der Waals surface area (Å²) in [7, 11) is 0. The maximum Gasteiger partial charge on any atom is 0.320 e. The first-order valence-corrected chi connectivity index (χ1v) is 6.78. The standard InChI is InChI=1S/C17H16N2O2/c18-15(17(20)21)9-11-1-3-12(4-2-11)13-5-6-16-14(10-13)7-8-19-16/h1-8,10,15,19H,9,18H2,(H,20,21)/t15-/m0/s1. The zero-order valence-electron chi connectivity index (χ0n) is 11.4. The summed E-state index contributed by atoms with van der Waals surface area (Å²) in [6, 6.07) is 15.3. The number of hydrogen-bond donors (Lipinski definition) is 3. The molecule has 0 saturated heterocycles. The molecule has 3 rings (SSSR count). The van der Waals surface area contributed by atoms with Gasteiger partial charge < -0.3 is 15.8 Å². The van der Waals surface area contributed by atoms with Crippen LogP contribution < -0.4 is 5.73 Å². The van der Waals surface area contributed by atoms with Gasteiger partial charge in [-0.15, -0.1) is 0 Å². The number of aromatic amines is 1. The molecule has 0 aliphatic rings. The van der Waals surface area contributed by atoms with Crippen molar-refractivity contribution in [3.63, 3.8) is 0 Å². The summed E-state index contributed by atoms with van der Waals surface area (Å²) in [6.07, 6.45) is 2.26. The molecule has 4 heteroatoms. The SMILES string of the molecule is N[C@@H](Cc1ccc(-c2ccc3[nH]ccc3c2)cc1)C(=O)O. The topological polar surface area (TPSA) is 79.1 Å². The number of carbonyl (C=O) groups is 1. The third kappa shape index (κ3) is 2.80. The molecule has 1 heterocycles. The molecule has 1 atom stereocenters. The highest BCUT2D eigenvalue weighted by Crippen LogP contribution is 2.24. The summed E-state index contributed by atoms with van der Waals surface area (Å²) in [4.78, 5) is 13.9. The Morgan fingerprint density at radius 2 is 1.81 bits per heavy atom. The van der Waals surface area contributed by atoms with E-state index in [0.717, 1.165) is 22.2 Å². The van der Waals surface area contributed by atoms with E-state index in [1.165, 1.54) is 5.39 Å². The van der Waals surface area contributed by atoms with Crippen LogP contribution in [0.3, 0.4) is 0 Å². The Bertz CT molecular complexity index is 775. The van der Waals surface area contributed by atoms with Gasteiger partial charge in [0.1, 0.15) is 6.04 Å². The van der Waals surface area contributed by atoms with Gasteiger partial charge in [0, 0.05) is 11.7 Å². The Morgan fingerprint density at radius 1 is 1.10 bits per heavy atom. The van der Waals surface area contributed by atoms with Crippen LogP contribution >= 0.6 is 0 Å². The summed E-state index contributed by atoms with van der Waals surface area (Å²) in [5.41, 5.74) is 9.82. The largest absolute Gasteiger partial charge is 0.480 e. The van der Waals surface area contributed by atoms with Crippen molar-refractivity contribution in [2.45, 2.75) is 12.5 Å². The van der Waals surface area contributed by atoms with E-state index in [1.807, 2.05) is 36.5 Å². The Hall–Kier alpha value is -2.59. The smallest absolute Gasteiger partial charge is 0.320 e. The van der Waals surface area contributed by atoms with Gasteiger partial charge in [-0.1, -0.05) is 30.3 Å². The molecule has 4 nitrogen and oxygen atoms in total. The number of nitrogens with one attached hydrogen (secondary N) is 1. The van der Waals surface area contributed by atoms with Crippen molar-refractivity contribution in [1.29, 1.82) is 0 Å². The number of aliphatic carboxylic acids is 1. The Balaban J connectivity index is 1.84. The molecule has 0 unspecified atom stereocenters. The molecule has 0 bridgehead atoms. The van der Waals surface area contributed by atoms with E-state index in [1.54, 1.807) is 0 Å². The van der Waals surface area contributed by atoms with Crippen LogP contribution in [0.5, 0.6) is 0 Å². The maximum atomic E-state index is 10.8. The number of carboxylic acid groups (broad SMARTS) is 1. The molecule has 0 amide bonds. The Kier molecular flexibility index (Phi) is 3.46.